The van der Waals surface area contributed by atoms with Gasteiger partial charge >= 0.3 is 5.97 Å². The molecule has 72 valence electrons. The van der Waals surface area contributed by atoms with Gasteiger partial charge in [-0.3, -0.25) is 9.59 Å². The van der Waals surface area contributed by atoms with Crippen LogP contribution in [0.15, 0.2) is 22.7 Å². The molecule has 1 atom stereocenters. The third-order valence-electron chi connectivity index (χ3n) is 2.39. The summed E-state index contributed by atoms with van der Waals surface area (Å²) in [5.41, 5.74) is 1.15. The molecule has 1 N–H and O–H groups in total. The first kappa shape index (κ1) is 9.40. The first-order valence-electron chi connectivity index (χ1n) is 4.15. The van der Waals surface area contributed by atoms with E-state index in [1.807, 2.05) is 0 Å². The van der Waals surface area contributed by atoms with Gasteiger partial charge in [-0.15, -0.1) is 0 Å². The van der Waals surface area contributed by atoms with Crippen LogP contribution in [0.2, 0.25) is 0 Å². The number of halogens is 1. The van der Waals surface area contributed by atoms with Crippen LogP contribution in [0.25, 0.3) is 0 Å². The van der Waals surface area contributed by atoms with Crippen LogP contribution in [0.3, 0.4) is 0 Å². The van der Waals surface area contributed by atoms with E-state index < -0.39 is 11.9 Å². The van der Waals surface area contributed by atoms with E-state index in [-0.39, 0.29) is 12.2 Å². The van der Waals surface area contributed by atoms with Crippen molar-refractivity contribution in [2.24, 2.45) is 0 Å². The van der Waals surface area contributed by atoms with Crippen molar-refractivity contribution in [3.8, 4) is 0 Å². The average molecular weight is 255 g/mol. The van der Waals surface area contributed by atoms with Gasteiger partial charge in [0.2, 0.25) is 0 Å². The monoisotopic (exact) mass is 254 g/mol. The van der Waals surface area contributed by atoms with Crippen LogP contribution in [0.4, 0.5) is 0 Å². The van der Waals surface area contributed by atoms with Gasteiger partial charge < -0.3 is 5.11 Å². The number of hydrogen-bond acceptors (Lipinski definition) is 2. The Labute approximate surface area is 88.9 Å². The van der Waals surface area contributed by atoms with Crippen LogP contribution in [0.5, 0.6) is 0 Å². The Bertz CT molecular complexity index is 425. The zero-order chi connectivity index (χ0) is 10.3. The summed E-state index contributed by atoms with van der Waals surface area (Å²) in [4.78, 5) is 22.3. The Morgan fingerprint density at radius 1 is 1.50 bits per heavy atom. The van der Waals surface area contributed by atoms with Crippen LogP contribution in [-0.4, -0.2) is 16.9 Å². The highest BCUT2D eigenvalue weighted by Crippen LogP contribution is 2.37. The van der Waals surface area contributed by atoms with E-state index in [1.54, 1.807) is 18.2 Å². The van der Waals surface area contributed by atoms with Crippen molar-refractivity contribution in [2.45, 2.75) is 12.3 Å². The number of hydrogen-bond donors (Lipinski definition) is 1. The van der Waals surface area contributed by atoms with E-state index in [2.05, 4.69) is 15.9 Å². The molecule has 1 aromatic carbocycles. The zero-order valence-corrected chi connectivity index (χ0v) is 8.74. The first-order valence-corrected chi connectivity index (χ1v) is 4.95. The molecule has 0 spiro atoms. The van der Waals surface area contributed by atoms with Gasteiger partial charge in [0.15, 0.2) is 5.78 Å². The summed E-state index contributed by atoms with van der Waals surface area (Å²) in [5.74, 6) is -1.72. The quantitative estimate of drug-likeness (QED) is 0.836. The first-order chi connectivity index (χ1) is 6.61. The van der Waals surface area contributed by atoms with Gasteiger partial charge in [0.1, 0.15) is 0 Å². The molecule has 0 saturated heterocycles. The van der Waals surface area contributed by atoms with Crippen LogP contribution in [0.1, 0.15) is 28.3 Å². The molecular formula is C10H7BrO3. The Balaban J connectivity index is 2.62. The molecule has 0 aliphatic heterocycles. The molecule has 0 saturated carbocycles. The second kappa shape index (κ2) is 3.20. The maximum absolute atomic E-state index is 11.4. The van der Waals surface area contributed by atoms with E-state index in [4.69, 9.17) is 5.11 Å². The molecule has 3 nitrogen and oxygen atoms in total. The Hall–Kier alpha value is -1.16. The van der Waals surface area contributed by atoms with Gasteiger partial charge in [0.05, 0.1) is 5.92 Å². The highest BCUT2D eigenvalue weighted by molar-refractivity contribution is 9.10. The SMILES string of the molecule is O=C1CC(C(=O)O)c2c(Br)cccc21. The second-order valence-corrected chi connectivity index (χ2v) is 4.07. The van der Waals surface area contributed by atoms with Crippen LogP contribution in [-0.2, 0) is 4.79 Å². The molecule has 0 amide bonds. The maximum Gasteiger partial charge on any atom is 0.311 e. The topological polar surface area (TPSA) is 54.4 Å². The lowest BCUT2D eigenvalue weighted by molar-refractivity contribution is -0.138. The normalized spacial score (nSPS) is 19.5. The predicted octanol–water partition coefficient (Wildman–Crippen LogP) is 2.20. The molecular weight excluding hydrogens is 248 g/mol. The largest absolute Gasteiger partial charge is 0.481 e. The summed E-state index contributed by atoms with van der Waals surface area (Å²) in [6, 6.07) is 5.17. The number of rotatable bonds is 1. The van der Waals surface area contributed by atoms with Gasteiger partial charge in [0.25, 0.3) is 0 Å². The van der Waals surface area contributed by atoms with E-state index in [9.17, 15) is 9.59 Å². The number of carboxylic acid groups (broad SMARTS) is 1. The summed E-state index contributed by atoms with van der Waals surface area (Å²) in [6.45, 7) is 0. The molecule has 1 aromatic rings. The molecule has 1 aliphatic carbocycles. The van der Waals surface area contributed by atoms with Crippen LogP contribution in [0, 0.1) is 0 Å². The number of aliphatic carboxylic acids is 1. The minimum atomic E-state index is -0.941. The minimum Gasteiger partial charge on any atom is -0.481 e. The molecule has 4 heteroatoms. The molecule has 0 aromatic heterocycles. The van der Waals surface area contributed by atoms with Crippen molar-refractivity contribution in [1.29, 1.82) is 0 Å². The molecule has 0 heterocycles. The average Bonchev–Trinajstić information content (AvgIpc) is 2.46. The zero-order valence-electron chi connectivity index (χ0n) is 7.16. The second-order valence-electron chi connectivity index (χ2n) is 3.22. The minimum absolute atomic E-state index is 0.0767. The van der Waals surface area contributed by atoms with Crippen molar-refractivity contribution >= 4 is 27.7 Å². The van der Waals surface area contributed by atoms with Crippen LogP contribution >= 0.6 is 15.9 Å². The fourth-order valence-electron chi connectivity index (χ4n) is 1.74. The summed E-state index contributed by atoms with van der Waals surface area (Å²) >= 11 is 3.27. The third-order valence-corrected chi connectivity index (χ3v) is 3.08. The molecule has 14 heavy (non-hydrogen) atoms. The van der Waals surface area contributed by atoms with E-state index in [1.165, 1.54) is 0 Å². The lowest BCUT2D eigenvalue weighted by Gasteiger charge is -2.06. The molecule has 0 radical (unpaired) electrons. The lowest BCUT2D eigenvalue weighted by atomic mass is 10.0. The fourth-order valence-corrected chi connectivity index (χ4v) is 2.39. The number of Topliss-reactive ketones (excluding diaryl/α,β-unsaturated/α-hetero) is 1. The number of ketones is 1. The summed E-state index contributed by atoms with van der Waals surface area (Å²) in [7, 11) is 0. The number of fused-ring (bicyclic) bond motifs is 1. The van der Waals surface area contributed by atoms with Crippen molar-refractivity contribution in [1.82, 2.24) is 0 Å². The maximum atomic E-state index is 11.4. The van der Waals surface area contributed by atoms with Crippen molar-refractivity contribution < 1.29 is 14.7 Å². The standard InChI is InChI=1S/C10H7BrO3/c11-7-3-1-2-5-8(12)4-6(9(5)7)10(13)14/h1-3,6H,4H2,(H,13,14). The molecule has 0 bridgehead atoms. The smallest absolute Gasteiger partial charge is 0.311 e. The van der Waals surface area contributed by atoms with Gasteiger partial charge in [0, 0.05) is 16.5 Å². The Morgan fingerprint density at radius 3 is 2.86 bits per heavy atom. The molecule has 1 unspecified atom stereocenters. The highest BCUT2D eigenvalue weighted by atomic mass is 79.9. The van der Waals surface area contributed by atoms with Crippen LogP contribution < -0.4 is 0 Å². The number of carboxylic acids is 1. The number of benzene rings is 1. The molecule has 2 rings (SSSR count). The van der Waals surface area contributed by atoms with Gasteiger partial charge in [-0.25, -0.2) is 0 Å². The number of carbonyl (C=O) groups excluding carboxylic acids is 1. The highest BCUT2D eigenvalue weighted by Gasteiger charge is 2.35. The molecule has 1 aliphatic rings. The Kier molecular flexibility index (Phi) is 2.15. The van der Waals surface area contributed by atoms with Crippen molar-refractivity contribution in [2.75, 3.05) is 0 Å². The van der Waals surface area contributed by atoms with Crippen molar-refractivity contribution in [3.05, 3.63) is 33.8 Å². The Morgan fingerprint density at radius 2 is 2.21 bits per heavy atom. The van der Waals surface area contributed by atoms with E-state index in [0.717, 1.165) is 0 Å². The molecule has 0 fully saturated rings. The van der Waals surface area contributed by atoms with Gasteiger partial charge in [-0.05, 0) is 11.6 Å². The fraction of sp³-hybridized carbons (Fsp3) is 0.200. The third kappa shape index (κ3) is 1.26. The van der Waals surface area contributed by atoms with Crippen molar-refractivity contribution in [3.63, 3.8) is 0 Å². The summed E-state index contributed by atoms with van der Waals surface area (Å²) in [6.07, 6.45) is 0.0767. The van der Waals surface area contributed by atoms with Gasteiger partial charge in [-0.2, -0.15) is 0 Å². The predicted molar refractivity (Wildman–Crippen MR) is 53.5 cm³/mol. The lowest BCUT2D eigenvalue weighted by Crippen LogP contribution is -2.08. The van der Waals surface area contributed by atoms with E-state index in [0.29, 0.717) is 15.6 Å². The van der Waals surface area contributed by atoms with Gasteiger partial charge in [-0.1, -0.05) is 28.1 Å². The van der Waals surface area contributed by atoms with E-state index >= 15 is 0 Å². The summed E-state index contributed by atoms with van der Waals surface area (Å²) in [5, 5.41) is 8.93. The summed E-state index contributed by atoms with van der Waals surface area (Å²) < 4.78 is 0.702. The number of carbonyl (C=O) groups is 2.